The minimum Gasteiger partial charge on any atom is -0.478 e. The summed E-state index contributed by atoms with van der Waals surface area (Å²) >= 11 is 0. The maximum Gasteiger partial charge on any atom is 0.335 e. The van der Waals surface area contributed by atoms with Crippen LogP contribution in [0.25, 0.3) is 0 Å². The third-order valence-electron chi connectivity index (χ3n) is 5.04. The van der Waals surface area contributed by atoms with Crippen molar-refractivity contribution in [3.63, 3.8) is 0 Å². The molecule has 0 amide bonds. The van der Waals surface area contributed by atoms with Gasteiger partial charge in [-0.25, -0.2) is 4.79 Å². The van der Waals surface area contributed by atoms with Crippen molar-refractivity contribution in [2.24, 2.45) is 17.8 Å². The highest BCUT2D eigenvalue weighted by Gasteiger charge is 2.50. The van der Waals surface area contributed by atoms with E-state index in [9.17, 15) is 4.79 Å². The van der Waals surface area contributed by atoms with E-state index >= 15 is 0 Å². The summed E-state index contributed by atoms with van der Waals surface area (Å²) in [4.78, 5) is 13.6. The zero-order valence-corrected chi connectivity index (χ0v) is 10.6. The van der Waals surface area contributed by atoms with Crippen molar-refractivity contribution in [3.05, 3.63) is 48.1 Å². The topological polar surface area (TPSA) is 40.5 Å². The third-order valence-corrected chi connectivity index (χ3v) is 5.04. The highest BCUT2D eigenvalue weighted by molar-refractivity contribution is 5.90. The zero-order chi connectivity index (χ0) is 13.0. The quantitative estimate of drug-likeness (QED) is 0.779. The Morgan fingerprint density at radius 3 is 2.89 bits per heavy atom. The zero-order valence-electron chi connectivity index (χ0n) is 10.6. The summed E-state index contributed by atoms with van der Waals surface area (Å²) in [5.41, 5.74) is 0.447. The molecule has 2 fully saturated rings. The Morgan fingerprint density at radius 1 is 1.21 bits per heavy atom. The predicted octanol–water partition coefficient (Wildman–Crippen LogP) is 2.00. The molecule has 1 N–H and O–H groups in total. The van der Waals surface area contributed by atoms with Gasteiger partial charge in [-0.15, -0.1) is 0 Å². The van der Waals surface area contributed by atoms with E-state index < -0.39 is 5.97 Å². The first-order chi connectivity index (χ1) is 9.24. The van der Waals surface area contributed by atoms with Gasteiger partial charge in [-0.3, -0.25) is 4.90 Å². The number of allylic oxidation sites excluding steroid dienone is 2. The highest BCUT2D eigenvalue weighted by Crippen LogP contribution is 2.46. The van der Waals surface area contributed by atoms with Crippen LogP contribution in [-0.2, 0) is 4.79 Å². The van der Waals surface area contributed by atoms with Crippen molar-refractivity contribution in [3.8, 4) is 0 Å². The lowest BCUT2D eigenvalue weighted by Crippen LogP contribution is -2.34. The van der Waals surface area contributed by atoms with Crippen molar-refractivity contribution in [2.45, 2.75) is 18.5 Å². The average Bonchev–Trinajstić information content (AvgIpc) is 2.94. The van der Waals surface area contributed by atoms with E-state index in [4.69, 9.17) is 5.11 Å². The molecule has 3 heteroatoms. The largest absolute Gasteiger partial charge is 0.478 e. The van der Waals surface area contributed by atoms with Gasteiger partial charge in [0.1, 0.15) is 0 Å². The molecule has 4 rings (SSSR count). The van der Waals surface area contributed by atoms with Gasteiger partial charge in [-0.05, 0) is 18.3 Å². The fourth-order valence-corrected chi connectivity index (χ4v) is 4.19. The maximum atomic E-state index is 11.1. The molecule has 19 heavy (non-hydrogen) atoms. The molecule has 5 unspecified atom stereocenters. The van der Waals surface area contributed by atoms with Gasteiger partial charge >= 0.3 is 5.97 Å². The number of aliphatic carboxylic acids is 1. The molecule has 2 aliphatic heterocycles. The summed E-state index contributed by atoms with van der Waals surface area (Å²) in [6.45, 7) is 1.06. The number of fused-ring (bicyclic) bond motifs is 5. The van der Waals surface area contributed by atoms with E-state index in [0.717, 1.165) is 13.0 Å². The second kappa shape index (κ2) is 3.94. The lowest BCUT2D eigenvalue weighted by Gasteiger charge is -2.26. The molecule has 0 radical (unpaired) electrons. The molecule has 98 valence electrons. The van der Waals surface area contributed by atoms with Gasteiger partial charge in [-0.1, -0.05) is 42.5 Å². The first-order valence-electron chi connectivity index (χ1n) is 6.98. The fourth-order valence-electron chi connectivity index (χ4n) is 4.19. The SMILES string of the molecule is O=C(O)C1=CC2C(C=C1)CC1C3C=CC=CC3CN21. The summed E-state index contributed by atoms with van der Waals surface area (Å²) in [5, 5.41) is 9.14. The summed E-state index contributed by atoms with van der Waals surface area (Å²) in [6.07, 6.45) is 15.9. The summed E-state index contributed by atoms with van der Waals surface area (Å²) in [5.74, 6) is 0.914. The summed E-state index contributed by atoms with van der Waals surface area (Å²) in [7, 11) is 0. The van der Waals surface area contributed by atoms with Crippen molar-refractivity contribution in [2.75, 3.05) is 6.54 Å². The maximum absolute atomic E-state index is 11.1. The van der Waals surface area contributed by atoms with Gasteiger partial charge in [0.15, 0.2) is 0 Å². The van der Waals surface area contributed by atoms with Crippen LogP contribution in [0.4, 0.5) is 0 Å². The van der Waals surface area contributed by atoms with Gasteiger partial charge in [0.2, 0.25) is 0 Å². The molecule has 2 saturated heterocycles. The van der Waals surface area contributed by atoms with E-state index in [1.165, 1.54) is 0 Å². The van der Waals surface area contributed by atoms with E-state index in [1.807, 2.05) is 6.08 Å². The van der Waals surface area contributed by atoms with Crippen molar-refractivity contribution >= 4 is 5.97 Å². The van der Waals surface area contributed by atoms with Gasteiger partial charge in [-0.2, -0.15) is 0 Å². The number of hydrogen-bond donors (Lipinski definition) is 1. The summed E-state index contributed by atoms with van der Waals surface area (Å²) in [6, 6.07) is 0.865. The Hall–Kier alpha value is -1.61. The van der Waals surface area contributed by atoms with Crippen molar-refractivity contribution in [1.82, 2.24) is 4.90 Å². The highest BCUT2D eigenvalue weighted by atomic mass is 16.4. The van der Waals surface area contributed by atoms with Crippen LogP contribution in [-0.4, -0.2) is 34.6 Å². The first kappa shape index (κ1) is 11.2. The van der Waals surface area contributed by atoms with Crippen LogP contribution in [0.2, 0.25) is 0 Å². The molecule has 0 saturated carbocycles. The van der Waals surface area contributed by atoms with Crippen LogP contribution < -0.4 is 0 Å². The Labute approximate surface area is 112 Å². The van der Waals surface area contributed by atoms with E-state index in [2.05, 4.69) is 35.3 Å². The van der Waals surface area contributed by atoms with E-state index in [1.54, 1.807) is 6.08 Å². The van der Waals surface area contributed by atoms with Gasteiger partial charge in [0.05, 0.1) is 5.57 Å². The van der Waals surface area contributed by atoms with Crippen LogP contribution >= 0.6 is 0 Å². The lowest BCUT2D eigenvalue weighted by molar-refractivity contribution is -0.132. The van der Waals surface area contributed by atoms with Gasteiger partial charge < -0.3 is 5.11 Å². The molecule has 2 heterocycles. The van der Waals surface area contributed by atoms with Crippen LogP contribution in [0, 0.1) is 17.8 Å². The lowest BCUT2D eigenvalue weighted by atomic mass is 9.82. The number of carboxylic acid groups (broad SMARTS) is 1. The van der Waals surface area contributed by atoms with Gasteiger partial charge in [0, 0.05) is 24.5 Å². The van der Waals surface area contributed by atoms with Crippen LogP contribution in [0.5, 0.6) is 0 Å². The standard InChI is InChI=1S/C16H17NO2/c18-16(19)11-6-5-10-7-15-13-4-2-1-3-12(13)9-17(15)14(10)8-11/h1-6,8,10,12-15H,7,9H2,(H,18,19). The van der Waals surface area contributed by atoms with E-state index in [0.29, 0.717) is 29.4 Å². The molecule has 2 aliphatic carbocycles. The molecule has 0 aromatic heterocycles. The average molecular weight is 255 g/mol. The first-order valence-corrected chi connectivity index (χ1v) is 6.98. The van der Waals surface area contributed by atoms with E-state index in [-0.39, 0.29) is 6.04 Å². The number of hydrogen-bond acceptors (Lipinski definition) is 2. The summed E-state index contributed by atoms with van der Waals surface area (Å²) < 4.78 is 0. The molecule has 0 bridgehead atoms. The van der Waals surface area contributed by atoms with Crippen LogP contribution in [0.3, 0.4) is 0 Å². The molecule has 4 aliphatic rings. The Kier molecular flexibility index (Phi) is 2.33. The molecular weight excluding hydrogens is 238 g/mol. The predicted molar refractivity (Wildman–Crippen MR) is 72.5 cm³/mol. The van der Waals surface area contributed by atoms with Gasteiger partial charge in [0.25, 0.3) is 0 Å². The third kappa shape index (κ3) is 1.58. The minimum absolute atomic E-state index is 0.286. The van der Waals surface area contributed by atoms with Crippen LogP contribution in [0.1, 0.15) is 6.42 Å². The Morgan fingerprint density at radius 2 is 2.05 bits per heavy atom. The molecule has 0 aromatic carbocycles. The second-order valence-corrected chi connectivity index (χ2v) is 5.95. The molecule has 0 spiro atoms. The normalized spacial score (nSPS) is 42.7. The molecule has 0 aromatic rings. The smallest absolute Gasteiger partial charge is 0.335 e. The van der Waals surface area contributed by atoms with Crippen LogP contribution in [0.15, 0.2) is 48.1 Å². The van der Waals surface area contributed by atoms with Crippen molar-refractivity contribution < 1.29 is 9.90 Å². The Balaban J connectivity index is 1.65. The number of carbonyl (C=O) groups is 1. The fraction of sp³-hybridized carbons (Fsp3) is 0.438. The second-order valence-electron chi connectivity index (χ2n) is 5.95. The number of rotatable bonds is 1. The van der Waals surface area contributed by atoms with Crippen molar-refractivity contribution in [1.29, 1.82) is 0 Å². The monoisotopic (exact) mass is 255 g/mol. The minimum atomic E-state index is -0.811. The Bertz CT molecular complexity index is 543. The molecule has 3 nitrogen and oxygen atoms in total. The molecular formula is C16H17NO2. The number of nitrogens with zero attached hydrogens (tertiary/aromatic N) is 1. The number of carboxylic acids is 1. The molecule has 5 atom stereocenters.